The highest BCUT2D eigenvalue weighted by atomic mass is 35.5. The van der Waals surface area contributed by atoms with Crippen LogP contribution in [0.3, 0.4) is 0 Å². The Bertz CT molecular complexity index is 525. The largest absolute Gasteiger partial charge is 0.338 e. The van der Waals surface area contributed by atoms with E-state index in [9.17, 15) is 0 Å². The normalized spacial score (nSPS) is 12.7. The van der Waals surface area contributed by atoms with Gasteiger partial charge in [0, 0.05) is 6.42 Å². The molecule has 0 amide bonds. The third-order valence-corrected chi connectivity index (χ3v) is 2.96. The quantitative estimate of drug-likeness (QED) is 0.932. The summed E-state index contributed by atoms with van der Waals surface area (Å²) in [5.41, 5.74) is 6.60. The molecule has 0 aliphatic rings. The Morgan fingerprint density at radius 2 is 2.12 bits per heavy atom. The number of hydrogen-bond donors (Lipinski definition) is 1. The van der Waals surface area contributed by atoms with Crippen molar-refractivity contribution in [3.05, 3.63) is 45.5 Å². The molecule has 1 atom stereocenters. The Labute approximate surface area is 109 Å². The Hall–Kier alpha value is -1.10. The van der Waals surface area contributed by atoms with E-state index in [0.29, 0.717) is 28.2 Å². The summed E-state index contributed by atoms with van der Waals surface area (Å²) < 4.78 is 5.01. The van der Waals surface area contributed by atoms with E-state index in [1.54, 1.807) is 19.1 Å². The number of aromatic nitrogens is 2. The Morgan fingerprint density at radius 3 is 2.71 bits per heavy atom. The van der Waals surface area contributed by atoms with Gasteiger partial charge in [-0.05, 0) is 24.6 Å². The van der Waals surface area contributed by atoms with Gasteiger partial charge >= 0.3 is 0 Å². The first-order valence-corrected chi connectivity index (χ1v) is 5.84. The monoisotopic (exact) mass is 271 g/mol. The van der Waals surface area contributed by atoms with Crippen LogP contribution in [0, 0.1) is 0 Å². The average Bonchev–Trinajstić information content (AvgIpc) is 2.72. The molecular weight excluding hydrogens is 261 g/mol. The van der Waals surface area contributed by atoms with Crippen molar-refractivity contribution in [2.45, 2.75) is 19.4 Å². The lowest BCUT2D eigenvalue weighted by molar-refractivity contribution is 0.358. The van der Waals surface area contributed by atoms with Gasteiger partial charge in [-0.15, -0.1) is 0 Å². The van der Waals surface area contributed by atoms with Crippen LogP contribution in [0.2, 0.25) is 10.0 Å². The van der Waals surface area contributed by atoms with Crippen LogP contribution in [0.15, 0.2) is 22.7 Å². The Kier molecular flexibility index (Phi) is 3.66. The Balaban J connectivity index is 2.16. The molecular formula is C11H11Cl2N3O. The SMILES string of the molecule is C[C@H](N)c1nc(Cc2ccc(Cl)c(Cl)c2)no1. The standard InChI is InChI=1S/C11H11Cl2N3O/c1-6(14)11-15-10(16-17-11)5-7-2-3-8(12)9(13)4-7/h2-4,6H,5,14H2,1H3/t6-/m0/s1. The van der Waals surface area contributed by atoms with Gasteiger partial charge in [-0.25, -0.2) is 0 Å². The minimum Gasteiger partial charge on any atom is -0.338 e. The molecule has 2 N–H and O–H groups in total. The van der Waals surface area contributed by atoms with Crippen LogP contribution in [0.1, 0.15) is 30.2 Å². The zero-order valence-electron chi connectivity index (χ0n) is 9.15. The summed E-state index contributed by atoms with van der Waals surface area (Å²) in [5, 5.41) is 4.88. The van der Waals surface area contributed by atoms with Crippen LogP contribution >= 0.6 is 23.2 Å². The molecule has 0 radical (unpaired) electrons. The van der Waals surface area contributed by atoms with Gasteiger partial charge in [0.2, 0.25) is 5.89 Å². The van der Waals surface area contributed by atoms with E-state index in [1.165, 1.54) is 0 Å². The molecule has 2 aromatic rings. The summed E-state index contributed by atoms with van der Waals surface area (Å²) in [5.74, 6) is 1.01. The number of benzene rings is 1. The fraction of sp³-hybridized carbons (Fsp3) is 0.273. The highest BCUT2D eigenvalue weighted by molar-refractivity contribution is 6.42. The number of halogens is 2. The molecule has 0 aliphatic heterocycles. The van der Waals surface area contributed by atoms with Gasteiger partial charge in [0.1, 0.15) is 0 Å². The smallest absolute Gasteiger partial charge is 0.243 e. The zero-order valence-corrected chi connectivity index (χ0v) is 10.7. The van der Waals surface area contributed by atoms with Gasteiger partial charge in [0.25, 0.3) is 0 Å². The van der Waals surface area contributed by atoms with Crippen LogP contribution in [0.4, 0.5) is 0 Å². The molecule has 0 spiro atoms. The van der Waals surface area contributed by atoms with Crippen molar-refractivity contribution in [2.75, 3.05) is 0 Å². The maximum Gasteiger partial charge on any atom is 0.243 e. The van der Waals surface area contributed by atoms with Crippen LogP contribution in [-0.2, 0) is 6.42 Å². The fourth-order valence-electron chi connectivity index (χ4n) is 1.36. The van der Waals surface area contributed by atoms with Crippen molar-refractivity contribution >= 4 is 23.2 Å². The van der Waals surface area contributed by atoms with Gasteiger partial charge in [-0.3, -0.25) is 0 Å². The molecule has 0 bridgehead atoms. The summed E-state index contributed by atoms with van der Waals surface area (Å²) in [7, 11) is 0. The fourth-order valence-corrected chi connectivity index (χ4v) is 1.68. The second-order valence-corrected chi connectivity index (χ2v) is 4.58. The number of nitrogens with zero attached hydrogens (tertiary/aromatic N) is 2. The number of hydrogen-bond acceptors (Lipinski definition) is 4. The predicted octanol–water partition coefficient (Wildman–Crippen LogP) is 2.99. The van der Waals surface area contributed by atoms with E-state index in [1.807, 2.05) is 6.07 Å². The first-order valence-electron chi connectivity index (χ1n) is 5.08. The topological polar surface area (TPSA) is 64.9 Å². The van der Waals surface area contributed by atoms with Crippen molar-refractivity contribution in [3.63, 3.8) is 0 Å². The average molecular weight is 272 g/mol. The van der Waals surface area contributed by atoms with Crippen molar-refractivity contribution in [1.29, 1.82) is 0 Å². The lowest BCUT2D eigenvalue weighted by atomic mass is 10.1. The molecule has 0 unspecified atom stereocenters. The van der Waals surface area contributed by atoms with Gasteiger partial charge in [-0.2, -0.15) is 4.98 Å². The van der Waals surface area contributed by atoms with Crippen LogP contribution in [0.25, 0.3) is 0 Å². The molecule has 4 nitrogen and oxygen atoms in total. The van der Waals surface area contributed by atoms with Crippen molar-refractivity contribution < 1.29 is 4.52 Å². The van der Waals surface area contributed by atoms with Gasteiger partial charge in [0.05, 0.1) is 16.1 Å². The first kappa shape index (κ1) is 12.4. The molecule has 0 aliphatic carbocycles. The maximum atomic E-state index is 5.92. The van der Waals surface area contributed by atoms with Crippen LogP contribution in [0.5, 0.6) is 0 Å². The number of rotatable bonds is 3. The summed E-state index contributed by atoms with van der Waals surface area (Å²) in [6.07, 6.45) is 0.535. The first-order chi connectivity index (χ1) is 8.06. The second kappa shape index (κ2) is 5.04. The molecule has 0 saturated carbocycles. The maximum absolute atomic E-state index is 5.92. The predicted molar refractivity (Wildman–Crippen MR) is 66.2 cm³/mol. The minimum absolute atomic E-state index is 0.259. The van der Waals surface area contributed by atoms with E-state index in [2.05, 4.69) is 10.1 Å². The van der Waals surface area contributed by atoms with E-state index in [4.69, 9.17) is 33.5 Å². The molecule has 0 saturated heterocycles. The van der Waals surface area contributed by atoms with Gasteiger partial charge in [0.15, 0.2) is 5.82 Å². The highest BCUT2D eigenvalue weighted by Crippen LogP contribution is 2.23. The number of nitrogens with two attached hydrogens (primary N) is 1. The van der Waals surface area contributed by atoms with Crippen molar-refractivity contribution in [3.8, 4) is 0 Å². The molecule has 17 heavy (non-hydrogen) atoms. The molecule has 2 rings (SSSR count). The van der Waals surface area contributed by atoms with Crippen molar-refractivity contribution in [2.24, 2.45) is 5.73 Å². The van der Waals surface area contributed by atoms with Crippen molar-refractivity contribution in [1.82, 2.24) is 10.1 Å². The Morgan fingerprint density at radius 1 is 1.35 bits per heavy atom. The van der Waals surface area contributed by atoms with E-state index in [0.717, 1.165) is 5.56 Å². The molecule has 0 fully saturated rings. The van der Waals surface area contributed by atoms with E-state index in [-0.39, 0.29) is 6.04 Å². The summed E-state index contributed by atoms with van der Waals surface area (Å²) in [6, 6.07) is 5.14. The molecule has 6 heteroatoms. The molecule has 1 aromatic carbocycles. The van der Waals surface area contributed by atoms with Crippen LogP contribution < -0.4 is 5.73 Å². The summed E-state index contributed by atoms with van der Waals surface area (Å²) in [4.78, 5) is 4.18. The summed E-state index contributed by atoms with van der Waals surface area (Å²) in [6.45, 7) is 1.79. The minimum atomic E-state index is -0.259. The van der Waals surface area contributed by atoms with Gasteiger partial charge < -0.3 is 10.3 Å². The summed E-state index contributed by atoms with van der Waals surface area (Å²) >= 11 is 11.8. The highest BCUT2D eigenvalue weighted by Gasteiger charge is 2.11. The molecule has 90 valence electrons. The molecule has 1 heterocycles. The van der Waals surface area contributed by atoms with E-state index >= 15 is 0 Å². The third-order valence-electron chi connectivity index (χ3n) is 2.22. The van der Waals surface area contributed by atoms with Crippen LogP contribution in [-0.4, -0.2) is 10.1 Å². The zero-order chi connectivity index (χ0) is 12.4. The second-order valence-electron chi connectivity index (χ2n) is 3.76. The lowest BCUT2D eigenvalue weighted by Gasteiger charge is -1.99. The van der Waals surface area contributed by atoms with E-state index < -0.39 is 0 Å². The van der Waals surface area contributed by atoms with Gasteiger partial charge in [-0.1, -0.05) is 34.4 Å². The molecule has 1 aromatic heterocycles. The lowest BCUT2D eigenvalue weighted by Crippen LogP contribution is -2.05. The third kappa shape index (κ3) is 2.97.